The third kappa shape index (κ3) is 1.94. The van der Waals surface area contributed by atoms with Gasteiger partial charge in [0.1, 0.15) is 4.88 Å². The van der Waals surface area contributed by atoms with Crippen LogP contribution in [0.5, 0.6) is 0 Å². The molecule has 0 radical (unpaired) electrons. The van der Waals surface area contributed by atoms with Gasteiger partial charge >= 0.3 is 0 Å². The molecule has 4 nitrogen and oxygen atoms in total. The Hall–Kier alpha value is -1.10. The summed E-state index contributed by atoms with van der Waals surface area (Å²) in [5.74, 6) is 2.57. The van der Waals surface area contributed by atoms with E-state index in [0.29, 0.717) is 10.0 Å². The minimum Gasteiger partial charge on any atom is -0.375 e. The molecular formula is C15H21N3OS. The van der Waals surface area contributed by atoms with Gasteiger partial charge in [-0.2, -0.15) is 0 Å². The number of hydrogen-bond donors (Lipinski definition) is 2. The number of nitrogens with one attached hydrogen (secondary N) is 1. The van der Waals surface area contributed by atoms with Crippen LogP contribution in [-0.2, 0) is 0 Å². The smallest absolute Gasteiger partial charge is 0.263 e. The van der Waals surface area contributed by atoms with Crippen LogP contribution in [0.25, 0.3) is 0 Å². The summed E-state index contributed by atoms with van der Waals surface area (Å²) in [6.45, 7) is 1.86. The lowest BCUT2D eigenvalue weighted by atomic mass is 9.53. The van der Waals surface area contributed by atoms with Crippen molar-refractivity contribution in [1.82, 2.24) is 10.3 Å². The van der Waals surface area contributed by atoms with Crippen molar-refractivity contribution < 1.29 is 4.79 Å². The molecular weight excluding hydrogens is 270 g/mol. The zero-order valence-electron chi connectivity index (χ0n) is 11.8. The van der Waals surface area contributed by atoms with E-state index in [1.165, 1.54) is 49.9 Å². The summed E-state index contributed by atoms with van der Waals surface area (Å²) < 4.78 is 0. The Labute approximate surface area is 123 Å². The number of rotatable bonds is 2. The number of hydrogen-bond acceptors (Lipinski definition) is 4. The van der Waals surface area contributed by atoms with E-state index >= 15 is 0 Å². The van der Waals surface area contributed by atoms with Crippen LogP contribution in [0.4, 0.5) is 5.13 Å². The van der Waals surface area contributed by atoms with Crippen LogP contribution in [0.3, 0.4) is 0 Å². The van der Waals surface area contributed by atoms with Crippen LogP contribution in [0.15, 0.2) is 0 Å². The maximum absolute atomic E-state index is 12.6. The van der Waals surface area contributed by atoms with E-state index in [1.807, 2.05) is 6.92 Å². The van der Waals surface area contributed by atoms with Crippen molar-refractivity contribution in [2.45, 2.75) is 51.0 Å². The second-order valence-electron chi connectivity index (χ2n) is 7.12. The molecule has 4 aliphatic rings. The molecule has 3 N–H and O–H groups in total. The normalized spacial score (nSPS) is 38.1. The van der Waals surface area contributed by atoms with Crippen molar-refractivity contribution in [2.24, 2.45) is 17.8 Å². The highest BCUT2D eigenvalue weighted by molar-refractivity contribution is 7.17. The number of thiazole rings is 1. The van der Waals surface area contributed by atoms with E-state index in [-0.39, 0.29) is 11.4 Å². The number of aryl methyl sites for hydroxylation is 1. The largest absolute Gasteiger partial charge is 0.375 e. The number of carbonyl (C=O) groups is 1. The van der Waals surface area contributed by atoms with Crippen LogP contribution < -0.4 is 11.1 Å². The van der Waals surface area contributed by atoms with Gasteiger partial charge in [0, 0.05) is 5.54 Å². The summed E-state index contributed by atoms with van der Waals surface area (Å²) in [6.07, 6.45) is 7.71. The average Bonchev–Trinajstić information content (AvgIpc) is 2.66. The van der Waals surface area contributed by atoms with Crippen LogP contribution in [0.2, 0.25) is 0 Å². The first-order valence-electron chi connectivity index (χ1n) is 7.58. The van der Waals surface area contributed by atoms with E-state index in [0.717, 1.165) is 23.4 Å². The number of aromatic nitrogens is 1. The van der Waals surface area contributed by atoms with Crippen LogP contribution in [-0.4, -0.2) is 16.4 Å². The quantitative estimate of drug-likeness (QED) is 0.880. The maximum Gasteiger partial charge on any atom is 0.263 e. The molecule has 4 aliphatic carbocycles. The van der Waals surface area contributed by atoms with Gasteiger partial charge in [0.25, 0.3) is 5.91 Å². The minimum absolute atomic E-state index is 0.0404. The van der Waals surface area contributed by atoms with Gasteiger partial charge in [-0.15, -0.1) is 0 Å². The van der Waals surface area contributed by atoms with Gasteiger partial charge in [0.15, 0.2) is 5.13 Å². The van der Waals surface area contributed by atoms with E-state index in [1.54, 1.807) is 0 Å². The number of carbonyl (C=O) groups excluding carboxylic acids is 1. The third-order valence-electron chi connectivity index (χ3n) is 5.44. The van der Waals surface area contributed by atoms with E-state index in [4.69, 9.17) is 5.73 Å². The summed E-state index contributed by atoms with van der Waals surface area (Å²) in [7, 11) is 0. The number of amides is 1. The molecule has 0 unspecified atom stereocenters. The first-order chi connectivity index (χ1) is 9.53. The molecule has 108 valence electrons. The van der Waals surface area contributed by atoms with Crippen molar-refractivity contribution in [3.8, 4) is 0 Å². The van der Waals surface area contributed by atoms with Gasteiger partial charge in [-0.05, 0) is 63.2 Å². The van der Waals surface area contributed by atoms with Gasteiger partial charge < -0.3 is 11.1 Å². The molecule has 0 spiro atoms. The molecule has 1 heterocycles. The monoisotopic (exact) mass is 291 g/mol. The molecule has 1 aromatic rings. The molecule has 20 heavy (non-hydrogen) atoms. The predicted octanol–water partition coefficient (Wildman–Crippen LogP) is 2.73. The number of nitrogen functional groups attached to an aromatic ring is 1. The lowest BCUT2D eigenvalue weighted by Crippen LogP contribution is -2.59. The second-order valence-corrected chi connectivity index (χ2v) is 8.15. The summed E-state index contributed by atoms with van der Waals surface area (Å²) in [4.78, 5) is 17.4. The Balaban J connectivity index is 1.57. The first kappa shape index (κ1) is 12.6. The van der Waals surface area contributed by atoms with Gasteiger partial charge in [-0.1, -0.05) is 11.3 Å². The number of anilines is 1. The Kier molecular flexibility index (Phi) is 2.65. The molecule has 4 saturated carbocycles. The maximum atomic E-state index is 12.6. The topological polar surface area (TPSA) is 68.0 Å². The SMILES string of the molecule is Cc1nc(N)sc1C(=O)NC12CC3CC(CC(C3)C1)C2. The van der Waals surface area contributed by atoms with Crippen LogP contribution in [0.1, 0.15) is 53.9 Å². The zero-order chi connectivity index (χ0) is 13.9. The molecule has 4 fully saturated rings. The lowest BCUT2D eigenvalue weighted by molar-refractivity contribution is -0.0166. The third-order valence-corrected chi connectivity index (χ3v) is 6.42. The fraction of sp³-hybridized carbons (Fsp3) is 0.733. The summed E-state index contributed by atoms with van der Waals surface area (Å²) in [5.41, 5.74) is 6.53. The Morgan fingerprint density at radius 1 is 1.25 bits per heavy atom. The van der Waals surface area contributed by atoms with E-state index < -0.39 is 0 Å². The minimum atomic E-state index is 0.0404. The van der Waals surface area contributed by atoms with Crippen LogP contribution in [0, 0.1) is 24.7 Å². The van der Waals surface area contributed by atoms with Gasteiger partial charge in [0.2, 0.25) is 0 Å². The van der Waals surface area contributed by atoms with Gasteiger partial charge in [-0.25, -0.2) is 4.98 Å². The summed E-state index contributed by atoms with van der Waals surface area (Å²) in [6, 6.07) is 0. The van der Waals surface area contributed by atoms with Gasteiger partial charge in [-0.3, -0.25) is 4.79 Å². The fourth-order valence-electron chi connectivity index (χ4n) is 5.19. The molecule has 5 heteroatoms. The molecule has 5 rings (SSSR count). The number of nitrogens with two attached hydrogens (primary N) is 1. The Bertz CT molecular complexity index is 530. The van der Waals surface area contributed by atoms with Crippen molar-refractivity contribution in [1.29, 1.82) is 0 Å². The zero-order valence-corrected chi connectivity index (χ0v) is 12.6. The van der Waals surface area contributed by atoms with Crippen molar-refractivity contribution in [3.63, 3.8) is 0 Å². The van der Waals surface area contributed by atoms with Crippen molar-refractivity contribution in [2.75, 3.05) is 5.73 Å². The summed E-state index contributed by atoms with van der Waals surface area (Å²) >= 11 is 1.31. The Morgan fingerprint density at radius 3 is 2.25 bits per heavy atom. The molecule has 0 aromatic carbocycles. The standard InChI is InChI=1S/C15H21N3OS/c1-8-12(20-14(16)17-8)13(19)18-15-5-9-2-10(6-15)4-11(3-9)7-15/h9-11H,2-7H2,1H3,(H2,16,17)(H,18,19). The van der Waals surface area contributed by atoms with Crippen molar-refractivity contribution in [3.05, 3.63) is 10.6 Å². The molecule has 0 atom stereocenters. The van der Waals surface area contributed by atoms with E-state index in [9.17, 15) is 4.79 Å². The lowest BCUT2D eigenvalue weighted by Gasteiger charge is -2.56. The van der Waals surface area contributed by atoms with Crippen LogP contribution >= 0.6 is 11.3 Å². The predicted molar refractivity (Wildman–Crippen MR) is 79.6 cm³/mol. The highest BCUT2D eigenvalue weighted by Gasteiger charge is 2.51. The molecule has 1 aromatic heterocycles. The van der Waals surface area contributed by atoms with E-state index in [2.05, 4.69) is 10.3 Å². The molecule has 0 saturated heterocycles. The second kappa shape index (κ2) is 4.20. The average molecular weight is 291 g/mol. The summed E-state index contributed by atoms with van der Waals surface area (Å²) in [5, 5.41) is 3.86. The highest BCUT2D eigenvalue weighted by Crippen LogP contribution is 2.55. The highest BCUT2D eigenvalue weighted by atomic mass is 32.1. The Morgan fingerprint density at radius 2 is 1.80 bits per heavy atom. The molecule has 0 aliphatic heterocycles. The molecule has 4 bridgehead atoms. The van der Waals surface area contributed by atoms with Gasteiger partial charge in [0.05, 0.1) is 5.69 Å². The fourth-order valence-corrected chi connectivity index (χ4v) is 5.92. The van der Waals surface area contributed by atoms with Crippen molar-refractivity contribution >= 4 is 22.4 Å². The number of nitrogens with zero attached hydrogens (tertiary/aromatic N) is 1. The molecule has 1 amide bonds. The first-order valence-corrected chi connectivity index (χ1v) is 8.40.